The molecular weight excluding hydrogens is 274 g/mol. The van der Waals surface area contributed by atoms with Gasteiger partial charge in [0.05, 0.1) is 24.3 Å². The summed E-state index contributed by atoms with van der Waals surface area (Å²) in [5.74, 6) is 2.05. The lowest BCUT2D eigenvalue weighted by atomic mass is 10.1. The number of aryl methyl sites for hydroxylation is 1. The monoisotopic (exact) mass is 289 g/mol. The zero-order valence-corrected chi connectivity index (χ0v) is 12.1. The van der Waals surface area contributed by atoms with E-state index in [0.29, 0.717) is 5.75 Å². The van der Waals surface area contributed by atoms with Crippen molar-refractivity contribution < 1.29 is 9.53 Å². The molecule has 20 heavy (non-hydrogen) atoms. The van der Waals surface area contributed by atoms with Crippen LogP contribution in [0.25, 0.3) is 0 Å². The number of hydrogen-bond acceptors (Lipinski definition) is 4. The first-order valence-corrected chi connectivity index (χ1v) is 7.31. The van der Waals surface area contributed by atoms with E-state index in [2.05, 4.69) is 10.4 Å². The number of ether oxygens (including phenoxy) is 1. The number of nitrogens with zero attached hydrogens (tertiary/aromatic N) is 2. The smallest absolute Gasteiger partial charge is 0.235 e. The van der Waals surface area contributed by atoms with E-state index in [0.717, 1.165) is 22.7 Å². The normalized spacial score (nSPS) is 18.1. The Morgan fingerprint density at radius 1 is 1.40 bits per heavy atom. The second kappa shape index (κ2) is 5.20. The Morgan fingerprint density at radius 3 is 2.85 bits per heavy atom. The molecule has 1 aliphatic rings. The van der Waals surface area contributed by atoms with Crippen LogP contribution >= 0.6 is 11.8 Å². The Bertz CT molecular complexity index is 636. The van der Waals surface area contributed by atoms with Crippen molar-refractivity contribution in [3.8, 4) is 5.75 Å². The van der Waals surface area contributed by atoms with Gasteiger partial charge in [-0.25, -0.2) is 0 Å². The third-order valence-corrected chi connectivity index (χ3v) is 4.60. The number of carbonyl (C=O) groups excluding carboxylic acids is 1. The number of anilines is 1. The van der Waals surface area contributed by atoms with E-state index >= 15 is 0 Å². The van der Waals surface area contributed by atoms with E-state index in [4.69, 9.17) is 4.74 Å². The van der Waals surface area contributed by atoms with Gasteiger partial charge in [0, 0.05) is 12.6 Å². The molecule has 1 atom stereocenters. The van der Waals surface area contributed by atoms with Crippen molar-refractivity contribution >= 4 is 23.5 Å². The molecule has 6 heteroatoms. The quantitative estimate of drug-likeness (QED) is 0.921. The fourth-order valence-corrected chi connectivity index (χ4v) is 3.36. The van der Waals surface area contributed by atoms with Crippen LogP contribution in [0.4, 0.5) is 5.82 Å². The second-order valence-corrected chi connectivity index (χ2v) is 5.68. The topological polar surface area (TPSA) is 56.1 Å². The Hall–Kier alpha value is -1.95. The van der Waals surface area contributed by atoms with Gasteiger partial charge in [-0.1, -0.05) is 12.1 Å². The molecule has 0 fully saturated rings. The molecule has 0 radical (unpaired) electrons. The first-order valence-electron chi connectivity index (χ1n) is 6.26. The van der Waals surface area contributed by atoms with E-state index in [1.165, 1.54) is 0 Å². The van der Waals surface area contributed by atoms with Crippen molar-refractivity contribution in [1.82, 2.24) is 9.78 Å². The van der Waals surface area contributed by atoms with Crippen LogP contribution in [-0.2, 0) is 11.8 Å². The fourth-order valence-electron chi connectivity index (χ4n) is 2.27. The molecule has 5 nitrogen and oxygen atoms in total. The Balaban J connectivity index is 2.01. The molecule has 0 saturated heterocycles. The lowest BCUT2D eigenvalue weighted by Crippen LogP contribution is -2.15. The molecule has 104 valence electrons. The van der Waals surface area contributed by atoms with Crippen LogP contribution < -0.4 is 10.1 Å². The summed E-state index contributed by atoms with van der Waals surface area (Å²) in [6.07, 6.45) is 1.82. The number of thioether (sulfide) groups is 1. The molecule has 0 bridgehead atoms. The Kier molecular flexibility index (Phi) is 3.40. The van der Waals surface area contributed by atoms with Gasteiger partial charge in [-0.15, -0.1) is 11.8 Å². The molecule has 1 aromatic heterocycles. The largest absolute Gasteiger partial charge is 0.497 e. The molecule has 3 rings (SSSR count). The van der Waals surface area contributed by atoms with Crippen LogP contribution in [0.1, 0.15) is 16.4 Å². The van der Waals surface area contributed by atoms with Crippen LogP contribution in [-0.4, -0.2) is 28.6 Å². The summed E-state index contributed by atoms with van der Waals surface area (Å²) < 4.78 is 6.89. The molecule has 0 aliphatic carbocycles. The molecule has 1 aromatic carbocycles. The summed E-state index contributed by atoms with van der Waals surface area (Å²) >= 11 is 1.61. The van der Waals surface area contributed by atoms with Gasteiger partial charge in [0.25, 0.3) is 0 Å². The predicted octanol–water partition coefficient (Wildman–Crippen LogP) is 2.20. The number of nitrogens with one attached hydrogen (secondary N) is 1. The predicted molar refractivity (Wildman–Crippen MR) is 79.1 cm³/mol. The summed E-state index contributed by atoms with van der Waals surface area (Å²) in [5, 5.41) is 7.26. The van der Waals surface area contributed by atoms with Crippen molar-refractivity contribution in [2.24, 2.45) is 7.05 Å². The summed E-state index contributed by atoms with van der Waals surface area (Å²) in [5.41, 5.74) is 2.18. The summed E-state index contributed by atoms with van der Waals surface area (Å²) in [6, 6.07) is 7.93. The van der Waals surface area contributed by atoms with Gasteiger partial charge in [-0.3, -0.25) is 9.48 Å². The molecule has 0 spiro atoms. The second-order valence-electron chi connectivity index (χ2n) is 4.58. The van der Waals surface area contributed by atoms with Gasteiger partial charge in [0.2, 0.25) is 5.91 Å². The van der Waals surface area contributed by atoms with Gasteiger partial charge in [0.1, 0.15) is 11.6 Å². The van der Waals surface area contributed by atoms with Crippen molar-refractivity contribution in [1.29, 1.82) is 0 Å². The number of fused-ring (bicyclic) bond motifs is 1. The van der Waals surface area contributed by atoms with E-state index in [9.17, 15) is 4.79 Å². The lowest BCUT2D eigenvalue weighted by molar-refractivity contribution is -0.113. The average molecular weight is 289 g/mol. The fraction of sp³-hybridized carbons (Fsp3) is 0.286. The minimum absolute atomic E-state index is 0.0101. The van der Waals surface area contributed by atoms with E-state index in [1.807, 2.05) is 37.5 Å². The minimum atomic E-state index is 0.0101. The number of methoxy groups -OCH3 is 1. The van der Waals surface area contributed by atoms with Crippen LogP contribution in [0.15, 0.2) is 30.5 Å². The molecule has 0 unspecified atom stereocenters. The lowest BCUT2D eigenvalue weighted by Gasteiger charge is -2.14. The van der Waals surface area contributed by atoms with Gasteiger partial charge in [-0.05, 0) is 17.7 Å². The van der Waals surface area contributed by atoms with Gasteiger partial charge < -0.3 is 10.1 Å². The van der Waals surface area contributed by atoms with Crippen molar-refractivity contribution in [3.63, 3.8) is 0 Å². The summed E-state index contributed by atoms with van der Waals surface area (Å²) in [4.78, 5) is 11.8. The van der Waals surface area contributed by atoms with Crippen molar-refractivity contribution in [2.75, 3.05) is 18.2 Å². The highest BCUT2D eigenvalue weighted by Gasteiger charge is 2.26. The zero-order valence-electron chi connectivity index (χ0n) is 11.3. The van der Waals surface area contributed by atoms with E-state index in [1.54, 1.807) is 23.6 Å². The molecular formula is C14H15N3O2S. The van der Waals surface area contributed by atoms with Gasteiger partial charge in [-0.2, -0.15) is 5.10 Å². The van der Waals surface area contributed by atoms with E-state index in [-0.39, 0.29) is 11.2 Å². The molecule has 0 saturated carbocycles. The highest BCUT2D eigenvalue weighted by molar-refractivity contribution is 8.00. The number of hydrogen-bond donors (Lipinski definition) is 1. The van der Waals surface area contributed by atoms with Crippen LogP contribution in [0.2, 0.25) is 0 Å². The van der Waals surface area contributed by atoms with E-state index < -0.39 is 0 Å². The average Bonchev–Trinajstić information content (AvgIpc) is 2.72. The van der Waals surface area contributed by atoms with Crippen molar-refractivity contribution in [2.45, 2.75) is 5.25 Å². The number of rotatable bonds is 2. The van der Waals surface area contributed by atoms with Gasteiger partial charge in [0.15, 0.2) is 0 Å². The Labute approximate surface area is 121 Å². The molecule has 2 heterocycles. The SMILES string of the molecule is COc1ccc([C@H]2SCC(=O)Nc3c2cnn3C)cc1. The number of benzene rings is 1. The highest BCUT2D eigenvalue weighted by atomic mass is 32.2. The standard InChI is InChI=1S/C14H15N3O2S/c1-17-14-11(7-15-17)13(20-8-12(18)16-14)9-3-5-10(19-2)6-4-9/h3-7,13H,8H2,1-2H3,(H,16,18)/t13-/m1/s1. The number of carbonyl (C=O) groups is 1. The van der Waals surface area contributed by atoms with Crippen LogP contribution in [0.3, 0.4) is 0 Å². The highest BCUT2D eigenvalue weighted by Crippen LogP contribution is 2.41. The maximum Gasteiger partial charge on any atom is 0.235 e. The van der Waals surface area contributed by atoms with Gasteiger partial charge >= 0.3 is 0 Å². The number of amides is 1. The third kappa shape index (κ3) is 2.27. The summed E-state index contributed by atoms with van der Waals surface area (Å²) in [6.45, 7) is 0. The minimum Gasteiger partial charge on any atom is -0.497 e. The third-order valence-electron chi connectivity index (χ3n) is 3.31. The first-order chi connectivity index (χ1) is 9.69. The summed E-state index contributed by atoms with van der Waals surface area (Å²) in [7, 11) is 3.48. The Morgan fingerprint density at radius 2 is 2.15 bits per heavy atom. The molecule has 2 aromatic rings. The van der Waals surface area contributed by atoms with Crippen LogP contribution in [0.5, 0.6) is 5.75 Å². The first kappa shape index (κ1) is 13.1. The molecule has 1 N–H and O–H groups in total. The molecule has 1 aliphatic heterocycles. The molecule has 1 amide bonds. The maximum absolute atomic E-state index is 11.8. The van der Waals surface area contributed by atoms with Crippen molar-refractivity contribution in [3.05, 3.63) is 41.6 Å². The zero-order chi connectivity index (χ0) is 14.1. The number of aromatic nitrogens is 2. The maximum atomic E-state index is 11.8. The van der Waals surface area contributed by atoms with Crippen LogP contribution in [0, 0.1) is 0 Å².